The monoisotopic (exact) mass is 422 g/mol. The molecule has 3 atom stereocenters. The Bertz CT molecular complexity index is 654. The summed E-state index contributed by atoms with van der Waals surface area (Å²) in [5.74, 6) is 0.531. The van der Waals surface area contributed by atoms with Crippen LogP contribution in [-0.4, -0.2) is 91.7 Å². The average Bonchev–Trinajstić information content (AvgIpc) is 2.75. The standard InChI is InChI=1S/C23H38N2O5/c1-6-18(4)25(23(27)21-9-7-8-10-22(21)28-5)15-20-14-24(11-12-29-20)13-19(26)16-30-17(2)3/h7-10,17-20,26H,6,11-16H2,1-5H3. The number of benzene rings is 1. The number of carbonyl (C=O) groups excluding carboxylic acids is 1. The van der Waals surface area contributed by atoms with Crippen molar-refractivity contribution in [2.24, 2.45) is 0 Å². The van der Waals surface area contributed by atoms with Crippen molar-refractivity contribution >= 4 is 5.91 Å². The predicted octanol–water partition coefficient (Wildman–Crippen LogP) is 2.42. The summed E-state index contributed by atoms with van der Waals surface area (Å²) in [5.41, 5.74) is 0.564. The van der Waals surface area contributed by atoms with Crippen LogP contribution in [0.4, 0.5) is 0 Å². The number of aliphatic hydroxyl groups is 1. The summed E-state index contributed by atoms with van der Waals surface area (Å²) >= 11 is 0. The van der Waals surface area contributed by atoms with Gasteiger partial charge in [-0.15, -0.1) is 0 Å². The molecule has 7 nitrogen and oxygen atoms in total. The van der Waals surface area contributed by atoms with Gasteiger partial charge in [0, 0.05) is 32.2 Å². The number of methoxy groups -OCH3 is 1. The summed E-state index contributed by atoms with van der Waals surface area (Å²) in [7, 11) is 1.58. The number of hydrogen-bond donors (Lipinski definition) is 1. The van der Waals surface area contributed by atoms with Crippen LogP contribution in [0.5, 0.6) is 5.75 Å². The van der Waals surface area contributed by atoms with E-state index >= 15 is 0 Å². The number of aliphatic hydroxyl groups excluding tert-OH is 1. The van der Waals surface area contributed by atoms with Crippen molar-refractivity contribution in [1.82, 2.24) is 9.80 Å². The third-order valence-corrected chi connectivity index (χ3v) is 5.44. The van der Waals surface area contributed by atoms with Crippen molar-refractivity contribution in [3.8, 4) is 5.75 Å². The molecule has 1 aliphatic rings. The molecule has 0 aromatic heterocycles. The number of morpholine rings is 1. The van der Waals surface area contributed by atoms with Crippen molar-refractivity contribution in [3.63, 3.8) is 0 Å². The van der Waals surface area contributed by atoms with Crippen molar-refractivity contribution in [2.75, 3.05) is 46.5 Å². The largest absolute Gasteiger partial charge is 0.496 e. The van der Waals surface area contributed by atoms with Crippen LogP contribution in [0.2, 0.25) is 0 Å². The summed E-state index contributed by atoms with van der Waals surface area (Å²) in [4.78, 5) is 17.4. The fraction of sp³-hybridized carbons (Fsp3) is 0.696. The molecule has 1 heterocycles. The molecule has 0 saturated carbocycles. The number of carbonyl (C=O) groups is 1. The third-order valence-electron chi connectivity index (χ3n) is 5.44. The number of ether oxygens (including phenoxy) is 3. The zero-order chi connectivity index (χ0) is 22.1. The first kappa shape index (κ1) is 24.6. The van der Waals surface area contributed by atoms with E-state index in [2.05, 4.69) is 18.7 Å². The molecule has 1 saturated heterocycles. The van der Waals surface area contributed by atoms with Crippen LogP contribution in [0.25, 0.3) is 0 Å². The summed E-state index contributed by atoms with van der Waals surface area (Å²) in [5, 5.41) is 10.3. The molecule has 0 bridgehead atoms. The Morgan fingerprint density at radius 1 is 1.33 bits per heavy atom. The number of β-amino-alcohol motifs (C(OH)–C–C–N with tert-alkyl or cyclic N) is 1. The second-order valence-corrected chi connectivity index (χ2v) is 8.20. The van der Waals surface area contributed by atoms with E-state index in [0.717, 1.165) is 13.0 Å². The minimum atomic E-state index is -0.535. The van der Waals surface area contributed by atoms with E-state index in [0.29, 0.717) is 44.2 Å². The molecule has 1 aromatic carbocycles. The molecule has 170 valence electrons. The molecule has 1 amide bonds. The van der Waals surface area contributed by atoms with Crippen LogP contribution in [0, 0.1) is 0 Å². The Morgan fingerprint density at radius 2 is 2.07 bits per heavy atom. The van der Waals surface area contributed by atoms with E-state index < -0.39 is 6.10 Å². The fourth-order valence-electron chi connectivity index (χ4n) is 3.59. The Labute approximate surface area is 180 Å². The fourth-order valence-corrected chi connectivity index (χ4v) is 3.59. The van der Waals surface area contributed by atoms with E-state index in [1.807, 2.05) is 36.9 Å². The molecule has 1 fully saturated rings. The maximum absolute atomic E-state index is 13.3. The van der Waals surface area contributed by atoms with Crippen molar-refractivity contribution in [3.05, 3.63) is 29.8 Å². The Hall–Kier alpha value is -1.67. The molecule has 3 unspecified atom stereocenters. The van der Waals surface area contributed by atoms with Gasteiger partial charge in [-0.05, 0) is 39.3 Å². The van der Waals surface area contributed by atoms with Gasteiger partial charge >= 0.3 is 0 Å². The van der Waals surface area contributed by atoms with E-state index in [4.69, 9.17) is 14.2 Å². The van der Waals surface area contributed by atoms with Gasteiger partial charge in [-0.2, -0.15) is 0 Å². The molecule has 1 N–H and O–H groups in total. The maximum Gasteiger partial charge on any atom is 0.257 e. The van der Waals surface area contributed by atoms with E-state index in [9.17, 15) is 9.90 Å². The highest BCUT2D eigenvalue weighted by Crippen LogP contribution is 2.22. The zero-order valence-electron chi connectivity index (χ0n) is 19.0. The van der Waals surface area contributed by atoms with Gasteiger partial charge in [0.1, 0.15) is 5.75 Å². The second kappa shape index (κ2) is 12.2. The van der Waals surface area contributed by atoms with Gasteiger partial charge in [-0.1, -0.05) is 19.1 Å². The van der Waals surface area contributed by atoms with Gasteiger partial charge in [0.05, 0.1) is 44.2 Å². The lowest BCUT2D eigenvalue weighted by Gasteiger charge is -2.38. The van der Waals surface area contributed by atoms with Crippen LogP contribution in [0.3, 0.4) is 0 Å². The summed E-state index contributed by atoms with van der Waals surface area (Å²) in [6.45, 7) is 11.4. The number of rotatable bonds is 11. The van der Waals surface area contributed by atoms with E-state index in [1.54, 1.807) is 13.2 Å². The van der Waals surface area contributed by atoms with Gasteiger partial charge in [-0.3, -0.25) is 9.69 Å². The summed E-state index contributed by atoms with van der Waals surface area (Å²) in [6.07, 6.45) is 0.307. The Kier molecular flexibility index (Phi) is 10.0. The van der Waals surface area contributed by atoms with Crippen LogP contribution in [-0.2, 0) is 9.47 Å². The summed E-state index contributed by atoms with van der Waals surface area (Å²) < 4.78 is 16.9. The highest BCUT2D eigenvalue weighted by molar-refractivity contribution is 5.97. The lowest BCUT2D eigenvalue weighted by Crippen LogP contribution is -2.52. The number of nitrogens with zero attached hydrogens (tertiary/aromatic N) is 2. The molecule has 7 heteroatoms. The van der Waals surface area contributed by atoms with Crippen molar-refractivity contribution in [2.45, 2.75) is 58.5 Å². The van der Waals surface area contributed by atoms with E-state index in [1.165, 1.54) is 0 Å². The second-order valence-electron chi connectivity index (χ2n) is 8.20. The third kappa shape index (κ3) is 7.23. The molecule has 0 radical (unpaired) electrons. The lowest BCUT2D eigenvalue weighted by molar-refractivity contribution is -0.0648. The lowest BCUT2D eigenvalue weighted by atomic mass is 10.1. The SMILES string of the molecule is CCC(C)N(CC1CN(CC(O)COC(C)C)CCO1)C(=O)c1ccccc1OC. The predicted molar refractivity (Wildman–Crippen MR) is 117 cm³/mol. The molecule has 2 rings (SSSR count). The van der Waals surface area contributed by atoms with Gasteiger partial charge in [0.15, 0.2) is 0 Å². The molecular formula is C23H38N2O5. The first-order chi connectivity index (χ1) is 14.3. The Balaban J connectivity index is 2.02. The van der Waals surface area contributed by atoms with Crippen LogP contribution in [0.1, 0.15) is 44.5 Å². The van der Waals surface area contributed by atoms with Crippen LogP contribution in [0.15, 0.2) is 24.3 Å². The molecule has 30 heavy (non-hydrogen) atoms. The van der Waals surface area contributed by atoms with E-state index in [-0.39, 0.29) is 24.2 Å². The quantitative estimate of drug-likeness (QED) is 0.591. The topological polar surface area (TPSA) is 71.5 Å². The van der Waals surface area contributed by atoms with Gasteiger partial charge < -0.3 is 24.2 Å². The first-order valence-electron chi connectivity index (χ1n) is 10.9. The number of para-hydroxylation sites is 1. The van der Waals surface area contributed by atoms with Crippen molar-refractivity contribution < 1.29 is 24.1 Å². The smallest absolute Gasteiger partial charge is 0.257 e. The zero-order valence-corrected chi connectivity index (χ0v) is 19.0. The molecule has 1 aromatic rings. The maximum atomic E-state index is 13.3. The van der Waals surface area contributed by atoms with Crippen molar-refractivity contribution in [1.29, 1.82) is 0 Å². The first-order valence-corrected chi connectivity index (χ1v) is 10.9. The Morgan fingerprint density at radius 3 is 2.73 bits per heavy atom. The molecular weight excluding hydrogens is 384 g/mol. The average molecular weight is 423 g/mol. The highest BCUT2D eigenvalue weighted by Gasteiger charge is 2.29. The minimum Gasteiger partial charge on any atom is -0.496 e. The highest BCUT2D eigenvalue weighted by atomic mass is 16.5. The minimum absolute atomic E-state index is 0.0482. The van der Waals surface area contributed by atoms with Gasteiger partial charge in [0.25, 0.3) is 5.91 Å². The normalized spacial score (nSPS) is 19.5. The molecule has 1 aliphatic heterocycles. The van der Waals surface area contributed by atoms with Gasteiger partial charge in [-0.25, -0.2) is 0 Å². The number of amides is 1. The van der Waals surface area contributed by atoms with Crippen LogP contribution < -0.4 is 4.74 Å². The van der Waals surface area contributed by atoms with Crippen LogP contribution >= 0.6 is 0 Å². The van der Waals surface area contributed by atoms with Gasteiger partial charge in [0.2, 0.25) is 0 Å². The summed E-state index contributed by atoms with van der Waals surface area (Å²) in [6, 6.07) is 7.40. The molecule has 0 spiro atoms. The number of hydrogen-bond acceptors (Lipinski definition) is 6. The molecule has 0 aliphatic carbocycles.